The van der Waals surface area contributed by atoms with E-state index in [1.165, 1.54) is 0 Å². The van der Waals surface area contributed by atoms with Crippen LogP contribution in [0.2, 0.25) is 0 Å². The Hall–Kier alpha value is -3.65. The minimum absolute atomic E-state index is 0.115. The van der Waals surface area contributed by atoms with Crippen molar-refractivity contribution in [2.45, 2.75) is 44.2 Å². The molecule has 1 N–H and O–H groups in total. The highest BCUT2D eigenvalue weighted by Gasteiger charge is 2.37. The number of aromatic nitrogens is 2. The highest BCUT2D eigenvalue weighted by Crippen LogP contribution is 2.45. The zero-order valence-electron chi connectivity index (χ0n) is 21.0. The van der Waals surface area contributed by atoms with Gasteiger partial charge >= 0.3 is 0 Å². The molecule has 8 heteroatoms. The topological polar surface area (TPSA) is 95.3 Å². The van der Waals surface area contributed by atoms with Gasteiger partial charge in [-0.3, -0.25) is 4.99 Å². The SMILES string of the molecule is CCOc1cc2c(cc1OC)C(c1ccc(-c3nc(OC)cc(OC)n3)cc1)=NC1CCC(O)CC21. The summed E-state index contributed by atoms with van der Waals surface area (Å²) in [5.41, 5.74) is 4.91. The molecule has 2 heterocycles. The predicted molar refractivity (Wildman–Crippen MR) is 137 cm³/mol. The molecule has 3 aromatic rings. The molecule has 1 aromatic heterocycles. The summed E-state index contributed by atoms with van der Waals surface area (Å²) >= 11 is 0. The Balaban J connectivity index is 1.57. The van der Waals surface area contributed by atoms with Crippen molar-refractivity contribution in [2.75, 3.05) is 27.9 Å². The van der Waals surface area contributed by atoms with Crippen LogP contribution in [0.1, 0.15) is 48.8 Å². The van der Waals surface area contributed by atoms with E-state index in [-0.39, 0.29) is 18.1 Å². The molecule has 5 rings (SSSR count). The summed E-state index contributed by atoms with van der Waals surface area (Å²) < 4.78 is 22.1. The molecule has 1 fully saturated rings. The van der Waals surface area contributed by atoms with Crippen molar-refractivity contribution in [2.24, 2.45) is 4.99 Å². The number of rotatable bonds is 7. The molecule has 1 saturated carbocycles. The fraction of sp³-hybridized carbons (Fsp3) is 0.393. The van der Waals surface area contributed by atoms with Gasteiger partial charge in [-0.1, -0.05) is 24.3 Å². The predicted octanol–water partition coefficient (Wildman–Crippen LogP) is 4.42. The zero-order valence-corrected chi connectivity index (χ0v) is 21.0. The van der Waals surface area contributed by atoms with Gasteiger partial charge in [-0.15, -0.1) is 0 Å². The van der Waals surface area contributed by atoms with Crippen molar-refractivity contribution < 1.29 is 24.1 Å². The standard InChI is InChI=1S/C28H31N3O5/c1-5-36-24-13-19-20-12-18(32)10-11-22(20)29-27(21(19)14-23(24)33-2)16-6-8-17(9-7-16)28-30-25(34-3)15-26(31-28)35-4/h6-9,13-15,18,20,22,32H,5,10-12H2,1-4H3. The van der Waals surface area contributed by atoms with E-state index in [2.05, 4.69) is 16.0 Å². The first-order chi connectivity index (χ1) is 17.5. The average Bonchev–Trinajstić information content (AvgIpc) is 2.92. The van der Waals surface area contributed by atoms with Crippen LogP contribution < -0.4 is 18.9 Å². The van der Waals surface area contributed by atoms with E-state index in [1.54, 1.807) is 27.4 Å². The molecule has 1 aliphatic heterocycles. The van der Waals surface area contributed by atoms with Crippen LogP contribution in [-0.4, -0.2) is 60.9 Å². The lowest BCUT2D eigenvalue weighted by atomic mass is 9.74. The Labute approximate surface area is 210 Å². The zero-order chi connectivity index (χ0) is 25.2. The largest absolute Gasteiger partial charge is 0.493 e. The van der Waals surface area contributed by atoms with Crippen LogP contribution >= 0.6 is 0 Å². The number of fused-ring (bicyclic) bond motifs is 3. The molecule has 8 nitrogen and oxygen atoms in total. The van der Waals surface area contributed by atoms with Gasteiger partial charge in [-0.25, -0.2) is 0 Å². The molecule has 0 radical (unpaired) electrons. The van der Waals surface area contributed by atoms with Crippen molar-refractivity contribution in [1.29, 1.82) is 0 Å². The van der Waals surface area contributed by atoms with E-state index in [1.807, 2.05) is 37.3 Å². The van der Waals surface area contributed by atoms with E-state index in [4.69, 9.17) is 23.9 Å². The summed E-state index contributed by atoms with van der Waals surface area (Å²) in [6.07, 6.45) is 1.99. The molecular weight excluding hydrogens is 458 g/mol. The van der Waals surface area contributed by atoms with Crippen LogP contribution in [0.5, 0.6) is 23.3 Å². The summed E-state index contributed by atoms with van der Waals surface area (Å²) in [7, 11) is 4.78. The van der Waals surface area contributed by atoms with Gasteiger partial charge < -0.3 is 24.1 Å². The van der Waals surface area contributed by atoms with Gasteiger partial charge in [0.15, 0.2) is 17.3 Å². The van der Waals surface area contributed by atoms with Crippen LogP contribution in [0.25, 0.3) is 11.4 Å². The quantitative estimate of drug-likeness (QED) is 0.525. The molecule has 0 saturated heterocycles. The molecule has 36 heavy (non-hydrogen) atoms. The summed E-state index contributed by atoms with van der Waals surface area (Å²) in [5.74, 6) is 2.94. The van der Waals surface area contributed by atoms with E-state index in [0.717, 1.165) is 46.6 Å². The molecule has 0 amide bonds. The maximum atomic E-state index is 10.4. The number of aliphatic hydroxyl groups excluding tert-OH is 1. The number of hydrogen-bond acceptors (Lipinski definition) is 8. The minimum Gasteiger partial charge on any atom is -0.493 e. The van der Waals surface area contributed by atoms with Gasteiger partial charge in [0.05, 0.1) is 51.9 Å². The third kappa shape index (κ3) is 4.48. The lowest BCUT2D eigenvalue weighted by Gasteiger charge is -2.37. The van der Waals surface area contributed by atoms with E-state index >= 15 is 0 Å². The molecule has 1 aliphatic carbocycles. The van der Waals surface area contributed by atoms with Gasteiger partial charge in [-0.05, 0) is 43.9 Å². The highest BCUT2D eigenvalue weighted by molar-refractivity contribution is 6.15. The lowest BCUT2D eigenvalue weighted by Crippen LogP contribution is -2.34. The molecule has 3 atom stereocenters. The van der Waals surface area contributed by atoms with Crippen LogP contribution in [0.3, 0.4) is 0 Å². The molecule has 188 valence electrons. The van der Waals surface area contributed by atoms with E-state index in [0.29, 0.717) is 36.4 Å². The number of hydrogen-bond donors (Lipinski definition) is 1. The molecule has 2 aromatic carbocycles. The van der Waals surface area contributed by atoms with Crippen LogP contribution in [-0.2, 0) is 0 Å². The summed E-state index contributed by atoms with van der Waals surface area (Å²) in [6, 6.07) is 13.9. The second kappa shape index (κ2) is 10.1. The lowest BCUT2D eigenvalue weighted by molar-refractivity contribution is 0.111. The third-order valence-electron chi connectivity index (χ3n) is 6.89. The number of methoxy groups -OCH3 is 3. The van der Waals surface area contributed by atoms with Crippen LogP contribution in [0.4, 0.5) is 0 Å². The van der Waals surface area contributed by atoms with Crippen molar-refractivity contribution in [3.05, 3.63) is 59.2 Å². The number of nitrogens with zero attached hydrogens (tertiary/aromatic N) is 3. The summed E-state index contributed by atoms with van der Waals surface area (Å²) in [6.45, 7) is 2.51. The number of ether oxygens (including phenoxy) is 4. The van der Waals surface area contributed by atoms with Gasteiger partial charge in [0.2, 0.25) is 11.8 Å². The van der Waals surface area contributed by atoms with Gasteiger partial charge in [0, 0.05) is 22.6 Å². The molecule has 0 spiro atoms. The second-order valence-electron chi connectivity index (χ2n) is 9.00. The average molecular weight is 490 g/mol. The maximum absolute atomic E-state index is 10.4. The van der Waals surface area contributed by atoms with Gasteiger partial charge in [0.1, 0.15) is 0 Å². The normalized spacial score (nSPS) is 20.6. The Kier molecular flexibility index (Phi) is 6.78. The van der Waals surface area contributed by atoms with E-state index in [9.17, 15) is 5.11 Å². The summed E-state index contributed by atoms with van der Waals surface area (Å²) in [5, 5.41) is 10.4. The number of aliphatic imine (C=N–C) groups is 1. The molecule has 0 bridgehead atoms. The Morgan fingerprint density at radius 1 is 0.861 bits per heavy atom. The van der Waals surface area contributed by atoms with Crippen molar-refractivity contribution >= 4 is 5.71 Å². The smallest absolute Gasteiger partial charge is 0.220 e. The highest BCUT2D eigenvalue weighted by atomic mass is 16.5. The first-order valence-corrected chi connectivity index (χ1v) is 12.2. The fourth-order valence-corrected chi connectivity index (χ4v) is 5.12. The Morgan fingerprint density at radius 3 is 2.19 bits per heavy atom. The third-order valence-corrected chi connectivity index (χ3v) is 6.89. The Bertz CT molecular complexity index is 1250. The monoisotopic (exact) mass is 489 g/mol. The van der Waals surface area contributed by atoms with Crippen LogP contribution in [0.15, 0.2) is 47.5 Å². The second-order valence-corrected chi connectivity index (χ2v) is 9.00. The molecular formula is C28H31N3O5. The first-order valence-electron chi connectivity index (χ1n) is 12.2. The molecule has 2 aliphatic rings. The van der Waals surface area contributed by atoms with E-state index < -0.39 is 0 Å². The van der Waals surface area contributed by atoms with Crippen molar-refractivity contribution in [1.82, 2.24) is 9.97 Å². The van der Waals surface area contributed by atoms with Gasteiger partial charge in [0.25, 0.3) is 0 Å². The van der Waals surface area contributed by atoms with Gasteiger partial charge in [-0.2, -0.15) is 9.97 Å². The minimum atomic E-state index is -0.312. The summed E-state index contributed by atoms with van der Waals surface area (Å²) in [4.78, 5) is 14.1. The van der Waals surface area contributed by atoms with Crippen LogP contribution in [0, 0.1) is 0 Å². The van der Waals surface area contributed by atoms with Crippen molar-refractivity contribution in [3.8, 4) is 34.6 Å². The first kappa shape index (κ1) is 24.1. The number of benzene rings is 2. The number of aliphatic hydroxyl groups is 1. The Morgan fingerprint density at radius 2 is 1.56 bits per heavy atom. The molecule has 3 unspecified atom stereocenters. The fourth-order valence-electron chi connectivity index (χ4n) is 5.12. The van der Waals surface area contributed by atoms with Crippen molar-refractivity contribution in [3.63, 3.8) is 0 Å². The maximum Gasteiger partial charge on any atom is 0.220 e.